The van der Waals surface area contributed by atoms with Crippen LogP contribution in [-0.2, 0) is 4.74 Å². The molecule has 0 amide bonds. The lowest BCUT2D eigenvalue weighted by atomic mass is 9.92. The number of piperidine rings is 1. The molecule has 0 bridgehead atoms. The predicted molar refractivity (Wildman–Crippen MR) is 66.7 cm³/mol. The Bertz CT molecular complexity index is 210. The Labute approximate surface area is 99.5 Å². The van der Waals surface area contributed by atoms with Crippen LogP contribution < -0.4 is 5.32 Å². The third-order valence-electron chi connectivity index (χ3n) is 4.29. The van der Waals surface area contributed by atoms with Gasteiger partial charge in [0.05, 0.1) is 6.61 Å². The van der Waals surface area contributed by atoms with Gasteiger partial charge < -0.3 is 10.1 Å². The summed E-state index contributed by atoms with van der Waals surface area (Å²) in [5, 5.41) is 3.46. The molecule has 2 aliphatic heterocycles. The highest BCUT2D eigenvalue weighted by Crippen LogP contribution is 2.24. The maximum atomic E-state index is 5.65. The van der Waals surface area contributed by atoms with Crippen molar-refractivity contribution in [3.8, 4) is 0 Å². The van der Waals surface area contributed by atoms with Gasteiger partial charge in [-0.1, -0.05) is 13.3 Å². The minimum atomic E-state index is 0.605. The molecule has 2 fully saturated rings. The first-order valence-corrected chi connectivity index (χ1v) is 6.84. The van der Waals surface area contributed by atoms with Gasteiger partial charge in [0.2, 0.25) is 0 Å². The van der Waals surface area contributed by atoms with Crippen molar-refractivity contribution in [3.63, 3.8) is 0 Å². The number of nitrogens with zero attached hydrogens (tertiary/aromatic N) is 1. The smallest absolute Gasteiger partial charge is 0.0637 e. The zero-order chi connectivity index (χ0) is 11.4. The molecule has 0 saturated carbocycles. The van der Waals surface area contributed by atoms with Crippen LogP contribution in [-0.4, -0.2) is 50.3 Å². The SMILES string of the molecule is CCC1CCCN(C2COCCC2NC)C1. The summed E-state index contributed by atoms with van der Waals surface area (Å²) in [5.41, 5.74) is 0. The molecule has 0 aromatic heterocycles. The third kappa shape index (κ3) is 2.76. The van der Waals surface area contributed by atoms with Gasteiger partial charge >= 0.3 is 0 Å². The Morgan fingerprint density at radius 2 is 2.25 bits per heavy atom. The summed E-state index contributed by atoms with van der Waals surface area (Å²) < 4.78 is 5.65. The van der Waals surface area contributed by atoms with E-state index in [1.807, 2.05) is 0 Å². The average molecular weight is 226 g/mol. The Morgan fingerprint density at radius 1 is 1.38 bits per heavy atom. The van der Waals surface area contributed by atoms with Crippen molar-refractivity contribution in [1.29, 1.82) is 0 Å². The molecule has 2 heterocycles. The minimum Gasteiger partial charge on any atom is -0.380 e. The van der Waals surface area contributed by atoms with Gasteiger partial charge in [-0.05, 0) is 38.8 Å². The summed E-state index contributed by atoms with van der Waals surface area (Å²) in [6.07, 6.45) is 5.28. The van der Waals surface area contributed by atoms with Crippen molar-refractivity contribution in [1.82, 2.24) is 10.2 Å². The number of likely N-dealkylation sites (N-methyl/N-ethyl adjacent to an activating group) is 1. The lowest BCUT2D eigenvalue weighted by Crippen LogP contribution is -2.56. The second-order valence-electron chi connectivity index (χ2n) is 5.24. The minimum absolute atomic E-state index is 0.605. The number of hydrogen-bond donors (Lipinski definition) is 1. The molecule has 2 rings (SSSR count). The Balaban J connectivity index is 1.93. The van der Waals surface area contributed by atoms with Crippen molar-refractivity contribution in [3.05, 3.63) is 0 Å². The molecule has 0 aromatic carbocycles. The fourth-order valence-electron chi connectivity index (χ4n) is 3.15. The van der Waals surface area contributed by atoms with E-state index in [0.29, 0.717) is 12.1 Å². The third-order valence-corrected chi connectivity index (χ3v) is 4.29. The molecule has 1 N–H and O–H groups in total. The second kappa shape index (κ2) is 5.99. The van der Waals surface area contributed by atoms with Crippen LogP contribution >= 0.6 is 0 Å². The largest absolute Gasteiger partial charge is 0.380 e. The fourth-order valence-corrected chi connectivity index (χ4v) is 3.15. The van der Waals surface area contributed by atoms with Crippen LogP contribution in [0, 0.1) is 5.92 Å². The highest BCUT2D eigenvalue weighted by molar-refractivity contribution is 4.89. The van der Waals surface area contributed by atoms with Gasteiger partial charge in [0.15, 0.2) is 0 Å². The molecule has 0 aromatic rings. The molecule has 94 valence electrons. The monoisotopic (exact) mass is 226 g/mol. The number of likely N-dealkylation sites (tertiary alicyclic amines) is 1. The molecule has 2 aliphatic rings. The fraction of sp³-hybridized carbons (Fsp3) is 1.00. The van der Waals surface area contributed by atoms with Gasteiger partial charge in [-0.15, -0.1) is 0 Å². The molecule has 2 saturated heterocycles. The number of hydrogen-bond acceptors (Lipinski definition) is 3. The van der Waals surface area contributed by atoms with Gasteiger partial charge in [-0.25, -0.2) is 0 Å². The topological polar surface area (TPSA) is 24.5 Å². The Kier molecular flexibility index (Phi) is 4.62. The highest BCUT2D eigenvalue weighted by Gasteiger charge is 2.32. The van der Waals surface area contributed by atoms with Crippen molar-refractivity contribution < 1.29 is 4.74 Å². The highest BCUT2D eigenvalue weighted by atomic mass is 16.5. The van der Waals surface area contributed by atoms with Gasteiger partial charge in [0.1, 0.15) is 0 Å². The maximum absolute atomic E-state index is 5.65. The van der Waals surface area contributed by atoms with E-state index in [2.05, 4.69) is 24.2 Å². The molecule has 0 spiro atoms. The van der Waals surface area contributed by atoms with E-state index in [0.717, 1.165) is 25.6 Å². The summed E-state index contributed by atoms with van der Waals surface area (Å²) in [6.45, 7) is 6.71. The summed E-state index contributed by atoms with van der Waals surface area (Å²) in [5.74, 6) is 0.910. The van der Waals surface area contributed by atoms with Gasteiger partial charge in [0, 0.05) is 25.2 Å². The number of nitrogens with one attached hydrogen (secondary N) is 1. The summed E-state index contributed by atoms with van der Waals surface area (Å²) >= 11 is 0. The number of rotatable bonds is 3. The van der Waals surface area contributed by atoms with E-state index in [-0.39, 0.29) is 0 Å². The molecule has 3 heteroatoms. The van der Waals surface area contributed by atoms with Crippen LogP contribution in [0.5, 0.6) is 0 Å². The number of ether oxygens (including phenoxy) is 1. The van der Waals surface area contributed by atoms with Crippen LogP contribution in [0.15, 0.2) is 0 Å². The quantitative estimate of drug-likeness (QED) is 0.789. The van der Waals surface area contributed by atoms with Crippen LogP contribution in [0.25, 0.3) is 0 Å². The molecule has 0 radical (unpaired) electrons. The lowest BCUT2D eigenvalue weighted by Gasteiger charge is -2.43. The van der Waals surface area contributed by atoms with E-state index in [4.69, 9.17) is 4.74 Å². The van der Waals surface area contributed by atoms with E-state index in [1.165, 1.54) is 32.4 Å². The molecule has 3 unspecified atom stereocenters. The van der Waals surface area contributed by atoms with Gasteiger partial charge in [0.25, 0.3) is 0 Å². The second-order valence-corrected chi connectivity index (χ2v) is 5.24. The van der Waals surface area contributed by atoms with Crippen LogP contribution in [0.1, 0.15) is 32.6 Å². The zero-order valence-electron chi connectivity index (χ0n) is 10.7. The molecule has 16 heavy (non-hydrogen) atoms. The van der Waals surface area contributed by atoms with Gasteiger partial charge in [-0.3, -0.25) is 4.90 Å². The van der Waals surface area contributed by atoms with Crippen molar-refractivity contribution in [2.24, 2.45) is 5.92 Å². The first kappa shape index (κ1) is 12.3. The van der Waals surface area contributed by atoms with Gasteiger partial charge in [-0.2, -0.15) is 0 Å². The summed E-state index contributed by atoms with van der Waals surface area (Å²) in [7, 11) is 2.09. The molecule has 3 atom stereocenters. The molecular formula is C13H26N2O. The van der Waals surface area contributed by atoms with E-state index < -0.39 is 0 Å². The van der Waals surface area contributed by atoms with Crippen LogP contribution in [0.2, 0.25) is 0 Å². The maximum Gasteiger partial charge on any atom is 0.0637 e. The van der Waals surface area contributed by atoms with E-state index >= 15 is 0 Å². The predicted octanol–water partition coefficient (Wildman–Crippen LogP) is 1.49. The van der Waals surface area contributed by atoms with E-state index in [1.54, 1.807) is 0 Å². The van der Waals surface area contributed by atoms with Crippen molar-refractivity contribution in [2.45, 2.75) is 44.7 Å². The lowest BCUT2D eigenvalue weighted by molar-refractivity contribution is -0.0164. The van der Waals surface area contributed by atoms with Crippen LogP contribution in [0.3, 0.4) is 0 Å². The Morgan fingerprint density at radius 3 is 3.00 bits per heavy atom. The zero-order valence-corrected chi connectivity index (χ0v) is 10.7. The first-order chi connectivity index (χ1) is 7.85. The summed E-state index contributed by atoms with van der Waals surface area (Å²) in [6, 6.07) is 1.23. The van der Waals surface area contributed by atoms with E-state index in [9.17, 15) is 0 Å². The standard InChI is InChI=1S/C13H26N2O/c1-3-11-5-4-7-15(9-11)13-10-16-8-6-12(13)14-2/h11-14H,3-10H2,1-2H3. The average Bonchev–Trinajstić information content (AvgIpc) is 2.38. The van der Waals surface area contributed by atoms with Crippen molar-refractivity contribution in [2.75, 3.05) is 33.4 Å². The van der Waals surface area contributed by atoms with Crippen LogP contribution in [0.4, 0.5) is 0 Å². The molecule has 0 aliphatic carbocycles. The summed E-state index contributed by atoms with van der Waals surface area (Å²) in [4.78, 5) is 2.66. The Hall–Kier alpha value is -0.120. The first-order valence-electron chi connectivity index (χ1n) is 6.84. The van der Waals surface area contributed by atoms with Crippen molar-refractivity contribution >= 4 is 0 Å². The normalized spacial score (nSPS) is 37.5. The molecular weight excluding hydrogens is 200 g/mol. The molecule has 3 nitrogen and oxygen atoms in total.